The molecule has 3 aromatic carbocycles. The van der Waals surface area contributed by atoms with Gasteiger partial charge in [-0.3, -0.25) is 0 Å². The zero-order valence-corrected chi connectivity index (χ0v) is 15.9. The van der Waals surface area contributed by atoms with Crippen LogP contribution in [0.4, 0.5) is 6.01 Å². The van der Waals surface area contributed by atoms with Gasteiger partial charge in [0.1, 0.15) is 17.9 Å². The number of hydrogen-bond acceptors (Lipinski definition) is 5. The minimum Gasteiger partial charge on any atom is -0.488 e. The molecule has 4 rings (SSSR count). The van der Waals surface area contributed by atoms with E-state index in [0.29, 0.717) is 18.2 Å². The maximum Gasteiger partial charge on any atom is 0.316 e. The van der Waals surface area contributed by atoms with Gasteiger partial charge in [0.15, 0.2) is 5.58 Å². The number of ether oxygens (including phenoxy) is 1. The predicted octanol–water partition coefficient (Wildman–Crippen LogP) is 5.62. The molecule has 0 bridgehead atoms. The lowest BCUT2D eigenvalue weighted by Gasteiger charge is -2.09. The van der Waals surface area contributed by atoms with E-state index in [1.54, 1.807) is 6.21 Å². The second-order valence-electron chi connectivity index (χ2n) is 5.81. The molecule has 0 amide bonds. The summed E-state index contributed by atoms with van der Waals surface area (Å²) in [6.45, 7) is 0.475. The van der Waals surface area contributed by atoms with Crippen molar-refractivity contribution in [3.05, 3.63) is 88.4 Å². The number of fused-ring (bicyclic) bond motifs is 1. The first-order chi connectivity index (χ1) is 13.3. The van der Waals surface area contributed by atoms with E-state index in [0.717, 1.165) is 26.9 Å². The second kappa shape index (κ2) is 8.05. The molecule has 0 aliphatic rings. The number of para-hydroxylation sites is 3. The van der Waals surface area contributed by atoms with Crippen molar-refractivity contribution in [1.82, 2.24) is 4.98 Å². The zero-order valence-electron chi connectivity index (χ0n) is 14.3. The Labute approximate surface area is 164 Å². The first kappa shape index (κ1) is 17.3. The molecule has 1 N–H and O–H groups in total. The van der Waals surface area contributed by atoms with Gasteiger partial charge >= 0.3 is 6.01 Å². The minimum absolute atomic E-state index is 0.347. The highest BCUT2D eigenvalue weighted by atomic mass is 79.9. The maximum absolute atomic E-state index is 5.95. The van der Waals surface area contributed by atoms with E-state index in [9.17, 15) is 0 Å². The second-order valence-corrected chi connectivity index (χ2v) is 6.73. The van der Waals surface area contributed by atoms with Gasteiger partial charge in [0.05, 0.1) is 6.21 Å². The van der Waals surface area contributed by atoms with Gasteiger partial charge in [-0.2, -0.15) is 10.1 Å². The number of hydrogen-bond donors (Lipinski definition) is 1. The summed E-state index contributed by atoms with van der Waals surface area (Å²) in [4.78, 5) is 4.32. The van der Waals surface area contributed by atoms with Crippen molar-refractivity contribution in [1.29, 1.82) is 0 Å². The highest BCUT2D eigenvalue weighted by Gasteiger charge is 2.04. The zero-order chi connectivity index (χ0) is 18.5. The van der Waals surface area contributed by atoms with E-state index in [-0.39, 0.29) is 0 Å². The van der Waals surface area contributed by atoms with Crippen molar-refractivity contribution >= 4 is 39.3 Å². The molecule has 27 heavy (non-hydrogen) atoms. The van der Waals surface area contributed by atoms with Gasteiger partial charge in [-0.25, -0.2) is 5.43 Å². The molecule has 0 unspecified atom stereocenters. The number of aromatic nitrogens is 1. The van der Waals surface area contributed by atoms with Crippen molar-refractivity contribution in [3.8, 4) is 5.75 Å². The number of halogens is 1. The van der Waals surface area contributed by atoms with Crippen LogP contribution in [0.2, 0.25) is 0 Å². The maximum atomic E-state index is 5.95. The summed E-state index contributed by atoms with van der Waals surface area (Å²) in [5.41, 5.74) is 6.26. The van der Waals surface area contributed by atoms with Crippen LogP contribution in [0.15, 0.2) is 86.8 Å². The van der Waals surface area contributed by atoms with Crippen LogP contribution in [0.5, 0.6) is 5.75 Å². The molecule has 0 atom stereocenters. The Hall–Kier alpha value is -3.12. The fourth-order valence-corrected chi connectivity index (χ4v) is 3.03. The molecule has 0 aliphatic carbocycles. The molecule has 1 aromatic heterocycles. The van der Waals surface area contributed by atoms with Crippen LogP contribution in [0.25, 0.3) is 11.1 Å². The number of anilines is 1. The van der Waals surface area contributed by atoms with E-state index >= 15 is 0 Å². The van der Waals surface area contributed by atoms with Crippen LogP contribution in [-0.4, -0.2) is 11.2 Å². The Bertz CT molecular complexity index is 1060. The summed E-state index contributed by atoms with van der Waals surface area (Å²) >= 11 is 3.47. The summed E-state index contributed by atoms with van der Waals surface area (Å²) in [5.74, 6) is 0.751. The molecule has 0 aliphatic heterocycles. The Morgan fingerprint density at radius 2 is 1.89 bits per heavy atom. The highest BCUT2D eigenvalue weighted by Crippen LogP contribution is 2.20. The standard InChI is InChI=1S/C21H16BrN3O2/c22-17-8-5-6-15(12-17)14-26-19-10-3-1-7-16(19)13-23-25-21-24-18-9-2-4-11-20(18)27-21/h1-13H,14H2,(H,24,25)/b23-13-. The number of rotatable bonds is 6. The molecule has 0 spiro atoms. The summed E-state index contributed by atoms with van der Waals surface area (Å²) in [7, 11) is 0. The molecule has 4 aromatic rings. The van der Waals surface area contributed by atoms with E-state index in [1.807, 2.05) is 72.8 Å². The predicted molar refractivity (Wildman–Crippen MR) is 110 cm³/mol. The Morgan fingerprint density at radius 3 is 2.78 bits per heavy atom. The minimum atomic E-state index is 0.347. The molecule has 1 heterocycles. The van der Waals surface area contributed by atoms with Crippen LogP contribution in [-0.2, 0) is 6.61 Å². The number of oxazole rings is 1. The normalized spacial score (nSPS) is 11.1. The molecule has 0 radical (unpaired) electrons. The first-order valence-corrected chi connectivity index (χ1v) is 9.18. The van der Waals surface area contributed by atoms with E-state index < -0.39 is 0 Å². The van der Waals surface area contributed by atoms with Crippen molar-refractivity contribution in [2.45, 2.75) is 6.61 Å². The van der Waals surface area contributed by atoms with Gasteiger partial charge in [0, 0.05) is 10.0 Å². The van der Waals surface area contributed by atoms with E-state index in [2.05, 4.69) is 31.4 Å². The third kappa shape index (κ3) is 4.35. The van der Waals surface area contributed by atoms with Gasteiger partial charge in [-0.15, -0.1) is 0 Å². The Kier molecular flexibility index (Phi) is 5.16. The van der Waals surface area contributed by atoms with Crippen LogP contribution in [0.1, 0.15) is 11.1 Å². The highest BCUT2D eigenvalue weighted by molar-refractivity contribution is 9.10. The summed E-state index contributed by atoms with van der Waals surface area (Å²) in [5, 5.41) is 4.22. The summed E-state index contributed by atoms with van der Waals surface area (Å²) < 4.78 is 12.6. The van der Waals surface area contributed by atoms with Gasteiger partial charge in [0.2, 0.25) is 0 Å². The molecule has 5 nitrogen and oxygen atoms in total. The fraction of sp³-hybridized carbons (Fsp3) is 0.0476. The molecule has 0 saturated heterocycles. The lowest BCUT2D eigenvalue weighted by molar-refractivity contribution is 0.305. The Morgan fingerprint density at radius 1 is 1.04 bits per heavy atom. The van der Waals surface area contributed by atoms with Crippen LogP contribution >= 0.6 is 15.9 Å². The topological polar surface area (TPSA) is 59.6 Å². The lowest BCUT2D eigenvalue weighted by atomic mass is 10.2. The molecule has 6 heteroatoms. The van der Waals surface area contributed by atoms with Crippen LogP contribution < -0.4 is 10.2 Å². The SMILES string of the molecule is Brc1cccc(COc2ccccc2/C=N\Nc2nc3ccccc3o2)c1. The third-order valence-corrected chi connectivity index (χ3v) is 4.35. The Balaban J connectivity index is 1.44. The lowest BCUT2D eigenvalue weighted by Crippen LogP contribution is -1.99. The van der Waals surface area contributed by atoms with Crippen LogP contribution in [0, 0.1) is 0 Å². The van der Waals surface area contributed by atoms with Crippen LogP contribution in [0.3, 0.4) is 0 Å². The third-order valence-electron chi connectivity index (χ3n) is 3.86. The largest absolute Gasteiger partial charge is 0.488 e. The number of nitrogens with one attached hydrogen (secondary N) is 1. The molecular formula is C21H16BrN3O2. The van der Waals surface area contributed by atoms with Gasteiger partial charge in [-0.1, -0.05) is 52.3 Å². The molecule has 0 fully saturated rings. The van der Waals surface area contributed by atoms with Crippen molar-refractivity contribution in [2.24, 2.45) is 5.10 Å². The van der Waals surface area contributed by atoms with Crippen molar-refractivity contribution in [3.63, 3.8) is 0 Å². The first-order valence-electron chi connectivity index (χ1n) is 8.39. The van der Waals surface area contributed by atoms with E-state index in [1.165, 1.54) is 0 Å². The number of hydrazone groups is 1. The molecule has 134 valence electrons. The number of nitrogens with zero attached hydrogens (tertiary/aromatic N) is 2. The molecular weight excluding hydrogens is 406 g/mol. The van der Waals surface area contributed by atoms with Crippen molar-refractivity contribution < 1.29 is 9.15 Å². The summed E-state index contributed by atoms with van der Waals surface area (Å²) in [6.07, 6.45) is 1.69. The summed E-state index contributed by atoms with van der Waals surface area (Å²) in [6, 6.07) is 23.7. The monoisotopic (exact) mass is 421 g/mol. The average molecular weight is 422 g/mol. The van der Waals surface area contributed by atoms with Gasteiger partial charge < -0.3 is 9.15 Å². The smallest absolute Gasteiger partial charge is 0.316 e. The molecule has 0 saturated carbocycles. The average Bonchev–Trinajstić information content (AvgIpc) is 3.10. The quantitative estimate of drug-likeness (QED) is 0.324. The number of benzene rings is 3. The fourth-order valence-electron chi connectivity index (χ4n) is 2.58. The van der Waals surface area contributed by atoms with Gasteiger partial charge in [0.25, 0.3) is 0 Å². The van der Waals surface area contributed by atoms with Gasteiger partial charge in [-0.05, 0) is 42.0 Å². The van der Waals surface area contributed by atoms with E-state index in [4.69, 9.17) is 9.15 Å². The van der Waals surface area contributed by atoms with Crippen molar-refractivity contribution in [2.75, 3.05) is 5.43 Å².